The zero-order valence-electron chi connectivity index (χ0n) is 11.6. The molecule has 0 aromatic rings. The fraction of sp³-hybridized carbons (Fsp3) is 0.812. The van der Waals surface area contributed by atoms with Crippen molar-refractivity contribution in [2.24, 2.45) is 23.2 Å². The molecule has 0 spiro atoms. The van der Waals surface area contributed by atoms with Gasteiger partial charge in [0.2, 0.25) is 5.91 Å². The summed E-state index contributed by atoms with van der Waals surface area (Å²) in [6, 6.07) is 0. The average molecular weight is 260 g/mol. The highest BCUT2D eigenvalue weighted by Gasteiger charge is 2.50. The number of hydrogen-bond acceptors (Lipinski definition) is 2. The Kier molecular flexibility index (Phi) is 3.54. The molecule has 0 aromatic carbocycles. The van der Waals surface area contributed by atoms with Crippen molar-refractivity contribution in [1.29, 1.82) is 0 Å². The lowest BCUT2D eigenvalue weighted by molar-refractivity contribution is -0.122. The van der Waals surface area contributed by atoms with Crippen molar-refractivity contribution in [3.05, 3.63) is 0 Å². The van der Waals surface area contributed by atoms with Crippen molar-refractivity contribution >= 4 is 5.91 Å². The number of terminal acetylenes is 1. The Morgan fingerprint density at radius 1 is 1.16 bits per heavy atom. The van der Waals surface area contributed by atoms with Gasteiger partial charge >= 0.3 is 0 Å². The normalized spacial score (nSPS) is 39.0. The molecule has 19 heavy (non-hydrogen) atoms. The summed E-state index contributed by atoms with van der Waals surface area (Å²) in [6.07, 6.45) is 13.5. The second-order valence-corrected chi connectivity index (χ2v) is 7.00. The van der Waals surface area contributed by atoms with Gasteiger partial charge in [-0.2, -0.15) is 0 Å². The Bertz CT molecular complexity index is 361. The number of rotatable bonds is 5. The van der Waals surface area contributed by atoms with E-state index in [9.17, 15) is 4.79 Å². The molecule has 0 unspecified atom stereocenters. The minimum absolute atomic E-state index is 0.0889. The number of carbonyl (C=O) groups is 1. The number of carbonyl (C=O) groups excluding carboxylic acids is 1. The average Bonchev–Trinajstić information content (AvgIpc) is 2.35. The van der Waals surface area contributed by atoms with Gasteiger partial charge in [0.25, 0.3) is 0 Å². The maximum absolute atomic E-state index is 11.8. The summed E-state index contributed by atoms with van der Waals surface area (Å²) in [5.41, 5.74) is 0.427. The Labute approximate surface area is 115 Å². The highest BCUT2D eigenvalue weighted by atomic mass is 16.1. The van der Waals surface area contributed by atoms with Crippen LogP contribution in [0.15, 0.2) is 0 Å². The van der Waals surface area contributed by atoms with Gasteiger partial charge in [-0.05, 0) is 61.7 Å². The molecule has 2 N–H and O–H groups in total. The molecule has 0 radical (unpaired) electrons. The third-order valence-electron chi connectivity index (χ3n) is 5.34. The lowest BCUT2D eigenvalue weighted by Crippen LogP contribution is -2.51. The van der Waals surface area contributed by atoms with Crippen LogP contribution in [0.4, 0.5) is 0 Å². The van der Waals surface area contributed by atoms with Crippen LogP contribution in [0.5, 0.6) is 0 Å². The monoisotopic (exact) mass is 260 g/mol. The van der Waals surface area contributed by atoms with Crippen LogP contribution < -0.4 is 10.6 Å². The molecule has 4 bridgehead atoms. The van der Waals surface area contributed by atoms with E-state index in [1.807, 2.05) is 0 Å². The molecule has 104 valence electrons. The van der Waals surface area contributed by atoms with Crippen molar-refractivity contribution in [2.75, 3.05) is 19.6 Å². The van der Waals surface area contributed by atoms with Gasteiger partial charge in [-0.25, -0.2) is 0 Å². The quantitative estimate of drug-likeness (QED) is 0.581. The molecule has 1 amide bonds. The Morgan fingerprint density at radius 2 is 1.74 bits per heavy atom. The van der Waals surface area contributed by atoms with Crippen LogP contribution in [0.25, 0.3) is 0 Å². The fourth-order valence-electron chi connectivity index (χ4n) is 5.10. The molecule has 0 heterocycles. The summed E-state index contributed by atoms with van der Waals surface area (Å²) in [4.78, 5) is 11.8. The first-order valence-electron chi connectivity index (χ1n) is 7.60. The molecule has 4 aliphatic carbocycles. The summed E-state index contributed by atoms with van der Waals surface area (Å²) in [6.45, 7) is 1.69. The van der Waals surface area contributed by atoms with Crippen molar-refractivity contribution in [1.82, 2.24) is 10.6 Å². The zero-order chi connectivity index (χ0) is 13.3. The summed E-state index contributed by atoms with van der Waals surface area (Å²) in [5.74, 6) is 5.41. The van der Waals surface area contributed by atoms with E-state index < -0.39 is 0 Å². The lowest BCUT2D eigenvalue weighted by Gasteiger charge is -2.56. The first-order chi connectivity index (χ1) is 9.19. The maximum Gasteiger partial charge on any atom is 0.234 e. The first kappa shape index (κ1) is 13.0. The summed E-state index contributed by atoms with van der Waals surface area (Å²) in [5, 5.41) is 6.07. The molecule has 0 saturated heterocycles. The van der Waals surface area contributed by atoms with E-state index in [0.29, 0.717) is 18.5 Å². The molecule has 4 saturated carbocycles. The van der Waals surface area contributed by atoms with Crippen molar-refractivity contribution in [3.8, 4) is 12.3 Å². The van der Waals surface area contributed by atoms with Crippen LogP contribution in [0.1, 0.15) is 38.5 Å². The SMILES string of the molecule is C#CCNCC(=O)NCC12CC3CC(CC(C3)C1)C2. The highest BCUT2D eigenvalue weighted by Crippen LogP contribution is 2.59. The van der Waals surface area contributed by atoms with Crippen molar-refractivity contribution < 1.29 is 4.79 Å². The molecule has 0 aliphatic heterocycles. The van der Waals surface area contributed by atoms with Crippen LogP contribution in [-0.4, -0.2) is 25.5 Å². The molecule has 4 fully saturated rings. The topological polar surface area (TPSA) is 41.1 Å². The molecular weight excluding hydrogens is 236 g/mol. The Morgan fingerprint density at radius 3 is 2.26 bits per heavy atom. The Balaban J connectivity index is 1.50. The molecule has 3 nitrogen and oxygen atoms in total. The summed E-state index contributed by atoms with van der Waals surface area (Å²) in [7, 11) is 0. The molecule has 3 heteroatoms. The lowest BCUT2D eigenvalue weighted by atomic mass is 9.49. The molecule has 0 aromatic heterocycles. The van der Waals surface area contributed by atoms with E-state index in [4.69, 9.17) is 6.42 Å². The minimum atomic E-state index is 0.0889. The second kappa shape index (κ2) is 5.17. The van der Waals surface area contributed by atoms with Gasteiger partial charge in [0, 0.05) is 6.54 Å². The van der Waals surface area contributed by atoms with E-state index in [1.54, 1.807) is 0 Å². The largest absolute Gasteiger partial charge is 0.354 e. The van der Waals surface area contributed by atoms with Crippen LogP contribution in [0.3, 0.4) is 0 Å². The zero-order valence-corrected chi connectivity index (χ0v) is 11.6. The van der Waals surface area contributed by atoms with Gasteiger partial charge in [0.1, 0.15) is 0 Å². The summed E-state index contributed by atoms with van der Waals surface area (Å²) < 4.78 is 0. The number of hydrogen-bond donors (Lipinski definition) is 2. The van der Waals surface area contributed by atoms with Crippen molar-refractivity contribution in [2.45, 2.75) is 38.5 Å². The van der Waals surface area contributed by atoms with Crippen LogP contribution in [0, 0.1) is 35.5 Å². The number of nitrogens with one attached hydrogen (secondary N) is 2. The molecule has 0 atom stereocenters. The van der Waals surface area contributed by atoms with Gasteiger partial charge in [0.15, 0.2) is 0 Å². The predicted molar refractivity (Wildman–Crippen MR) is 75.3 cm³/mol. The highest BCUT2D eigenvalue weighted by molar-refractivity contribution is 5.78. The molecule has 4 rings (SSSR count). The standard InChI is InChI=1S/C16H24N2O/c1-2-3-17-10-15(19)18-11-16-7-12-4-13(8-16)6-14(5-12)9-16/h1,12-14,17H,3-11H2,(H,18,19). The predicted octanol–water partition coefficient (Wildman–Crippen LogP) is 1.54. The molecule has 4 aliphatic rings. The van der Waals surface area contributed by atoms with Gasteiger partial charge < -0.3 is 5.32 Å². The van der Waals surface area contributed by atoms with Gasteiger partial charge in [-0.15, -0.1) is 6.42 Å². The van der Waals surface area contributed by atoms with Gasteiger partial charge in [0.05, 0.1) is 13.1 Å². The van der Waals surface area contributed by atoms with E-state index in [2.05, 4.69) is 16.6 Å². The fourth-order valence-corrected chi connectivity index (χ4v) is 5.10. The van der Waals surface area contributed by atoms with Gasteiger partial charge in [-0.1, -0.05) is 5.92 Å². The smallest absolute Gasteiger partial charge is 0.234 e. The number of amides is 1. The van der Waals surface area contributed by atoms with Gasteiger partial charge in [-0.3, -0.25) is 10.1 Å². The summed E-state index contributed by atoms with van der Waals surface area (Å²) >= 11 is 0. The maximum atomic E-state index is 11.8. The molecular formula is C16H24N2O. The van der Waals surface area contributed by atoms with Crippen molar-refractivity contribution in [3.63, 3.8) is 0 Å². The van der Waals surface area contributed by atoms with E-state index >= 15 is 0 Å². The van der Waals surface area contributed by atoms with E-state index in [1.165, 1.54) is 38.5 Å². The van der Waals surface area contributed by atoms with Crippen LogP contribution in [-0.2, 0) is 4.79 Å². The van der Waals surface area contributed by atoms with Crippen LogP contribution >= 0.6 is 0 Å². The first-order valence-corrected chi connectivity index (χ1v) is 7.60. The second-order valence-electron chi connectivity index (χ2n) is 7.00. The third-order valence-corrected chi connectivity index (χ3v) is 5.34. The minimum Gasteiger partial charge on any atom is -0.354 e. The van der Waals surface area contributed by atoms with E-state index in [-0.39, 0.29) is 5.91 Å². The third kappa shape index (κ3) is 2.79. The van der Waals surface area contributed by atoms with Crippen LogP contribution in [0.2, 0.25) is 0 Å². The Hall–Kier alpha value is -1.01. The van der Waals surface area contributed by atoms with E-state index in [0.717, 1.165) is 24.3 Å².